The predicted octanol–water partition coefficient (Wildman–Crippen LogP) is 7.77. The fourth-order valence-corrected chi connectivity index (χ4v) is 4.19. The minimum atomic E-state index is 1.07. The van der Waals surface area contributed by atoms with E-state index in [4.69, 9.17) is 0 Å². The van der Waals surface area contributed by atoms with Crippen LogP contribution >= 0.6 is 0 Å². The molecule has 0 saturated carbocycles. The van der Waals surface area contributed by atoms with Crippen molar-refractivity contribution in [2.24, 2.45) is 0 Å². The Balaban J connectivity index is 0.000000129. The summed E-state index contributed by atoms with van der Waals surface area (Å²) in [5.74, 6) is 0. The standard InChI is InChI=1S/C16H10.C12H13N/c1-3-11-7-9-13-5-2-6-14-10-8-12(4-1)15(11)16(13)14;1-2-5-12-8-10-6-3-4-7-11(10)9-13-12/h1-10H;3-4,6-9H,2,5H2,1H3. The molecule has 0 amide bonds. The first kappa shape index (κ1) is 17.6. The molecule has 6 aromatic rings. The smallest absolute Gasteiger partial charge is 0.0409 e. The molecule has 0 aliphatic carbocycles. The molecule has 29 heavy (non-hydrogen) atoms. The summed E-state index contributed by atoms with van der Waals surface area (Å²) >= 11 is 0. The van der Waals surface area contributed by atoms with Gasteiger partial charge in [-0.1, -0.05) is 98.3 Å². The van der Waals surface area contributed by atoms with Crippen LogP contribution in [0, 0.1) is 0 Å². The Bertz CT molecular complexity index is 1280. The largest absolute Gasteiger partial charge is 0.261 e. The molecule has 0 bridgehead atoms. The molecule has 140 valence electrons. The molecule has 0 aliphatic rings. The first-order chi connectivity index (χ1) is 14.3. The average molecular weight is 373 g/mol. The highest BCUT2D eigenvalue weighted by atomic mass is 14.7. The van der Waals surface area contributed by atoms with Gasteiger partial charge in [0.1, 0.15) is 0 Å². The molecular formula is C28H23N. The zero-order valence-electron chi connectivity index (χ0n) is 16.6. The van der Waals surface area contributed by atoms with Gasteiger partial charge in [-0.15, -0.1) is 0 Å². The first-order valence-electron chi connectivity index (χ1n) is 10.3. The van der Waals surface area contributed by atoms with Crippen molar-refractivity contribution in [2.45, 2.75) is 19.8 Å². The van der Waals surface area contributed by atoms with E-state index in [1.54, 1.807) is 0 Å². The van der Waals surface area contributed by atoms with Crippen LogP contribution in [0.1, 0.15) is 19.0 Å². The SMILES string of the molecule is CCCc1cc2ccccc2cn1.c1cc2ccc3cccc4ccc(c1)c2c34. The fourth-order valence-electron chi connectivity index (χ4n) is 4.19. The summed E-state index contributed by atoms with van der Waals surface area (Å²) in [7, 11) is 0. The van der Waals surface area contributed by atoms with E-state index in [9.17, 15) is 0 Å². The third-order valence-electron chi connectivity index (χ3n) is 5.59. The third kappa shape index (κ3) is 3.30. The quantitative estimate of drug-likeness (QED) is 0.282. The molecule has 0 spiro atoms. The van der Waals surface area contributed by atoms with E-state index in [1.165, 1.54) is 48.8 Å². The lowest BCUT2D eigenvalue weighted by atomic mass is 9.95. The molecule has 1 heterocycles. The van der Waals surface area contributed by atoms with Gasteiger partial charge in [0.15, 0.2) is 0 Å². The number of hydrogen-bond donors (Lipinski definition) is 0. The lowest BCUT2D eigenvalue weighted by molar-refractivity contribution is 0.886. The van der Waals surface area contributed by atoms with Crippen molar-refractivity contribution in [3.63, 3.8) is 0 Å². The number of benzene rings is 5. The zero-order valence-corrected chi connectivity index (χ0v) is 16.6. The number of nitrogens with zero attached hydrogens (tertiary/aromatic N) is 1. The normalized spacial score (nSPS) is 11.2. The molecule has 1 heteroatoms. The van der Waals surface area contributed by atoms with Crippen LogP contribution in [0.25, 0.3) is 43.1 Å². The van der Waals surface area contributed by atoms with Gasteiger partial charge in [0.25, 0.3) is 0 Å². The van der Waals surface area contributed by atoms with Gasteiger partial charge in [0, 0.05) is 17.3 Å². The van der Waals surface area contributed by atoms with Crippen LogP contribution in [0.15, 0.2) is 97.2 Å². The highest BCUT2D eigenvalue weighted by Gasteiger charge is 2.06. The average Bonchev–Trinajstić information content (AvgIpc) is 2.78. The van der Waals surface area contributed by atoms with Crippen molar-refractivity contribution in [3.8, 4) is 0 Å². The number of pyridine rings is 1. The van der Waals surface area contributed by atoms with Gasteiger partial charge >= 0.3 is 0 Å². The maximum atomic E-state index is 4.40. The molecule has 0 saturated heterocycles. The van der Waals surface area contributed by atoms with Crippen molar-refractivity contribution in [3.05, 3.63) is 103 Å². The van der Waals surface area contributed by atoms with Crippen LogP contribution < -0.4 is 0 Å². The van der Waals surface area contributed by atoms with E-state index in [2.05, 4.69) is 96.8 Å². The molecule has 1 nitrogen and oxygen atoms in total. The fraction of sp³-hybridized carbons (Fsp3) is 0.107. The highest BCUT2D eigenvalue weighted by molar-refractivity contribution is 6.22. The van der Waals surface area contributed by atoms with Gasteiger partial charge < -0.3 is 0 Å². The Morgan fingerprint density at radius 1 is 0.552 bits per heavy atom. The monoisotopic (exact) mass is 373 g/mol. The Kier molecular flexibility index (Phi) is 4.57. The van der Waals surface area contributed by atoms with E-state index >= 15 is 0 Å². The van der Waals surface area contributed by atoms with Crippen LogP contribution in [0.5, 0.6) is 0 Å². The van der Waals surface area contributed by atoms with E-state index < -0.39 is 0 Å². The Morgan fingerprint density at radius 2 is 1.03 bits per heavy atom. The zero-order chi connectivity index (χ0) is 19.6. The van der Waals surface area contributed by atoms with Crippen molar-refractivity contribution < 1.29 is 0 Å². The van der Waals surface area contributed by atoms with Gasteiger partial charge in [-0.25, -0.2) is 0 Å². The lowest BCUT2D eigenvalue weighted by Crippen LogP contribution is -1.87. The third-order valence-corrected chi connectivity index (χ3v) is 5.59. The molecule has 0 aliphatic heterocycles. The van der Waals surface area contributed by atoms with Crippen molar-refractivity contribution in [2.75, 3.05) is 0 Å². The minimum absolute atomic E-state index is 1.07. The number of fused-ring (bicyclic) bond motifs is 1. The lowest BCUT2D eigenvalue weighted by Gasteiger charge is -2.09. The summed E-state index contributed by atoms with van der Waals surface area (Å²) in [5, 5.41) is 10.7. The van der Waals surface area contributed by atoms with Crippen LogP contribution in [0.4, 0.5) is 0 Å². The van der Waals surface area contributed by atoms with E-state index in [0.717, 1.165) is 12.8 Å². The van der Waals surface area contributed by atoms with E-state index in [0.29, 0.717) is 0 Å². The topological polar surface area (TPSA) is 12.9 Å². The molecule has 0 fully saturated rings. The summed E-state index contributed by atoms with van der Waals surface area (Å²) in [6.45, 7) is 2.18. The molecule has 5 aromatic carbocycles. The van der Waals surface area contributed by atoms with Crippen LogP contribution in [-0.4, -0.2) is 4.98 Å². The summed E-state index contributed by atoms with van der Waals surface area (Å²) in [5.41, 5.74) is 1.20. The molecule has 6 rings (SSSR count). The van der Waals surface area contributed by atoms with Gasteiger partial charge in [-0.05, 0) is 50.2 Å². The Morgan fingerprint density at radius 3 is 1.55 bits per heavy atom. The number of aromatic nitrogens is 1. The molecule has 0 unspecified atom stereocenters. The van der Waals surface area contributed by atoms with E-state index in [-0.39, 0.29) is 0 Å². The van der Waals surface area contributed by atoms with Crippen molar-refractivity contribution in [1.29, 1.82) is 0 Å². The predicted molar refractivity (Wildman–Crippen MR) is 126 cm³/mol. The number of aryl methyl sites for hydroxylation is 1. The summed E-state index contributed by atoms with van der Waals surface area (Å²) in [6, 6.07) is 32.4. The van der Waals surface area contributed by atoms with Crippen molar-refractivity contribution >= 4 is 43.1 Å². The number of rotatable bonds is 2. The molecule has 1 aromatic heterocycles. The second-order valence-corrected chi connectivity index (χ2v) is 7.56. The van der Waals surface area contributed by atoms with Gasteiger partial charge in [-0.2, -0.15) is 0 Å². The maximum Gasteiger partial charge on any atom is 0.0409 e. The molecule has 0 atom stereocenters. The maximum absolute atomic E-state index is 4.40. The summed E-state index contributed by atoms with van der Waals surface area (Å²) in [6.07, 6.45) is 4.19. The second kappa shape index (κ2) is 7.52. The van der Waals surface area contributed by atoms with E-state index in [1.807, 2.05) is 12.3 Å². The van der Waals surface area contributed by atoms with Gasteiger partial charge in [-0.3, -0.25) is 4.98 Å². The van der Waals surface area contributed by atoms with Gasteiger partial charge in [0.05, 0.1) is 0 Å². The first-order valence-corrected chi connectivity index (χ1v) is 10.3. The Hall–Kier alpha value is -3.45. The summed E-state index contributed by atoms with van der Waals surface area (Å²) in [4.78, 5) is 4.40. The molecule has 0 N–H and O–H groups in total. The summed E-state index contributed by atoms with van der Waals surface area (Å²) < 4.78 is 0. The highest BCUT2D eigenvalue weighted by Crippen LogP contribution is 2.33. The van der Waals surface area contributed by atoms with Crippen LogP contribution in [0.2, 0.25) is 0 Å². The molecule has 0 radical (unpaired) electrons. The minimum Gasteiger partial charge on any atom is -0.261 e. The molecular weight excluding hydrogens is 350 g/mol. The van der Waals surface area contributed by atoms with Gasteiger partial charge in [0.2, 0.25) is 0 Å². The Labute approximate surface area is 171 Å². The second-order valence-electron chi connectivity index (χ2n) is 7.56. The van der Waals surface area contributed by atoms with Crippen LogP contribution in [-0.2, 0) is 6.42 Å². The number of hydrogen-bond acceptors (Lipinski definition) is 1. The van der Waals surface area contributed by atoms with Crippen LogP contribution in [0.3, 0.4) is 0 Å². The van der Waals surface area contributed by atoms with Crippen molar-refractivity contribution in [1.82, 2.24) is 4.98 Å².